The maximum Gasteiger partial charge on any atom is 0.232 e. The van der Waals surface area contributed by atoms with Gasteiger partial charge in [0.05, 0.1) is 13.0 Å². The molecule has 1 amide bonds. The quantitative estimate of drug-likeness (QED) is 0.614. The van der Waals surface area contributed by atoms with Crippen LogP contribution in [0.5, 0.6) is 5.75 Å². The molecule has 1 aliphatic rings. The van der Waals surface area contributed by atoms with Crippen molar-refractivity contribution >= 4 is 21.8 Å². The minimum atomic E-state index is -0.0835. The van der Waals surface area contributed by atoms with Crippen LogP contribution in [0.2, 0.25) is 0 Å². The van der Waals surface area contributed by atoms with E-state index in [4.69, 9.17) is 9.26 Å². The average molecular weight is 428 g/mol. The van der Waals surface area contributed by atoms with Crippen LogP contribution in [-0.4, -0.2) is 34.6 Å². The summed E-state index contributed by atoms with van der Waals surface area (Å²) in [6.45, 7) is 1.11. The second-order valence-electron chi connectivity index (χ2n) is 6.49. The molecule has 0 radical (unpaired) electrons. The standard InChI is InChI=1S/C20H18BrN3O3/c1-26-17-4-2-3-13(9-17)11-24-12-15(10-18(24)25)20-22-19(23-27-20)14-5-7-16(21)8-6-14/h2-9,15H,10-12H2,1H3. The summed E-state index contributed by atoms with van der Waals surface area (Å²) in [4.78, 5) is 18.8. The molecule has 0 bridgehead atoms. The lowest BCUT2D eigenvalue weighted by atomic mass is 10.1. The van der Waals surface area contributed by atoms with Crippen LogP contribution >= 0.6 is 15.9 Å². The highest BCUT2D eigenvalue weighted by molar-refractivity contribution is 9.10. The van der Waals surface area contributed by atoms with Crippen molar-refractivity contribution in [2.24, 2.45) is 0 Å². The number of carbonyl (C=O) groups excluding carboxylic acids is 1. The average Bonchev–Trinajstić information content (AvgIpc) is 3.30. The summed E-state index contributed by atoms with van der Waals surface area (Å²) in [7, 11) is 1.63. The fourth-order valence-corrected chi connectivity index (χ4v) is 3.46. The Hall–Kier alpha value is -2.67. The van der Waals surface area contributed by atoms with Crippen LogP contribution in [0, 0.1) is 0 Å². The molecule has 138 valence electrons. The van der Waals surface area contributed by atoms with Crippen molar-refractivity contribution in [3.8, 4) is 17.1 Å². The summed E-state index contributed by atoms with van der Waals surface area (Å²) >= 11 is 3.41. The van der Waals surface area contributed by atoms with E-state index in [0.717, 1.165) is 21.3 Å². The monoisotopic (exact) mass is 427 g/mol. The number of methoxy groups -OCH3 is 1. The van der Waals surface area contributed by atoms with Crippen molar-refractivity contribution in [2.45, 2.75) is 18.9 Å². The molecule has 1 aromatic heterocycles. The van der Waals surface area contributed by atoms with E-state index in [-0.39, 0.29) is 11.8 Å². The van der Waals surface area contributed by atoms with Crippen LogP contribution in [0.15, 0.2) is 57.5 Å². The van der Waals surface area contributed by atoms with Gasteiger partial charge < -0.3 is 14.2 Å². The maximum atomic E-state index is 12.4. The molecule has 2 aromatic carbocycles. The number of aromatic nitrogens is 2. The van der Waals surface area contributed by atoms with Crippen LogP contribution in [0.1, 0.15) is 23.8 Å². The molecule has 0 aliphatic carbocycles. The predicted octanol–water partition coefficient (Wildman–Crippen LogP) is 4.02. The number of likely N-dealkylation sites (tertiary alicyclic amines) is 1. The largest absolute Gasteiger partial charge is 0.497 e. The van der Waals surface area contributed by atoms with Gasteiger partial charge in [-0.15, -0.1) is 0 Å². The molecule has 1 atom stereocenters. The molecule has 0 spiro atoms. The van der Waals surface area contributed by atoms with Gasteiger partial charge in [0, 0.05) is 29.5 Å². The van der Waals surface area contributed by atoms with E-state index in [1.54, 1.807) is 7.11 Å². The zero-order valence-corrected chi connectivity index (χ0v) is 16.3. The lowest BCUT2D eigenvalue weighted by Gasteiger charge is -2.16. The number of amides is 1. The number of carbonyl (C=O) groups is 1. The molecule has 3 aromatic rings. The highest BCUT2D eigenvalue weighted by Gasteiger charge is 2.34. The van der Waals surface area contributed by atoms with Crippen molar-refractivity contribution in [2.75, 3.05) is 13.7 Å². The molecular weight excluding hydrogens is 410 g/mol. The van der Waals surface area contributed by atoms with Crippen molar-refractivity contribution in [1.82, 2.24) is 15.0 Å². The number of ether oxygens (including phenoxy) is 1. The molecular formula is C20H18BrN3O3. The molecule has 4 rings (SSSR count). The van der Waals surface area contributed by atoms with Crippen LogP contribution in [0.25, 0.3) is 11.4 Å². The number of halogens is 1. The molecule has 1 fully saturated rings. The van der Waals surface area contributed by atoms with Gasteiger partial charge in [-0.2, -0.15) is 4.98 Å². The molecule has 27 heavy (non-hydrogen) atoms. The zero-order chi connectivity index (χ0) is 18.8. The van der Waals surface area contributed by atoms with Gasteiger partial charge in [-0.1, -0.05) is 33.2 Å². The van der Waals surface area contributed by atoms with Gasteiger partial charge >= 0.3 is 0 Å². The molecule has 7 heteroatoms. The summed E-state index contributed by atoms with van der Waals surface area (Å²) in [6.07, 6.45) is 0.381. The van der Waals surface area contributed by atoms with E-state index in [0.29, 0.717) is 31.2 Å². The van der Waals surface area contributed by atoms with Gasteiger partial charge in [-0.3, -0.25) is 4.79 Å². The smallest absolute Gasteiger partial charge is 0.232 e. The Balaban J connectivity index is 1.46. The highest BCUT2D eigenvalue weighted by atomic mass is 79.9. The topological polar surface area (TPSA) is 68.5 Å². The number of benzene rings is 2. The molecule has 2 heterocycles. The normalized spacial score (nSPS) is 16.7. The first-order valence-corrected chi connectivity index (χ1v) is 9.42. The summed E-state index contributed by atoms with van der Waals surface area (Å²) in [5.74, 6) is 1.84. The lowest BCUT2D eigenvalue weighted by Crippen LogP contribution is -2.24. The van der Waals surface area contributed by atoms with Gasteiger partial charge in [-0.05, 0) is 42.0 Å². The predicted molar refractivity (Wildman–Crippen MR) is 103 cm³/mol. The Morgan fingerprint density at radius 3 is 2.85 bits per heavy atom. The zero-order valence-electron chi connectivity index (χ0n) is 14.8. The summed E-state index contributed by atoms with van der Waals surface area (Å²) in [5, 5.41) is 4.07. The number of hydrogen-bond donors (Lipinski definition) is 0. The van der Waals surface area contributed by atoms with E-state index in [1.807, 2.05) is 53.4 Å². The van der Waals surface area contributed by atoms with Gasteiger partial charge in [0.1, 0.15) is 5.75 Å². The SMILES string of the molecule is COc1cccc(CN2CC(c3nc(-c4ccc(Br)cc4)no3)CC2=O)c1. The number of nitrogens with zero attached hydrogens (tertiary/aromatic N) is 3. The van der Waals surface area contributed by atoms with Gasteiger partial charge in [0.15, 0.2) is 0 Å². The Labute approximate surface area is 165 Å². The first kappa shape index (κ1) is 17.7. The first-order chi connectivity index (χ1) is 13.1. The Morgan fingerprint density at radius 2 is 2.07 bits per heavy atom. The van der Waals surface area contributed by atoms with Crippen molar-refractivity contribution in [1.29, 1.82) is 0 Å². The highest BCUT2D eigenvalue weighted by Crippen LogP contribution is 2.30. The van der Waals surface area contributed by atoms with E-state index >= 15 is 0 Å². The van der Waals surface area contributed by atoms with E-state index in [9.17, 15) is 4.79 Å². The Morgan fingerprint density at radius 1 is 1.26 bits per heavy atom. The Bertz CT molecular complexity index is 955. The van der Waals surface area contributed by atoms with Crippen molar-refractivity contribution in [3.63, 3.8) is 0 Å². The number of hydrogen-bond acceptors (Lipinski definition) is 5. The first-order valence-electron chi connectivity index (χ1n) is 8.62. The Kier molecular flexibility index (Phi) is 4.94. The third-order valence-electron chi connectivity index (χ3n) is 4.62. The van der Waals surface area contributed by atoms with Crippen LogP contribution in [0.3, 0.4) is 0 Å². The molecule has 1 unspecified atom stereocenters. The van der Waals surface area contributed by atoms with Crippen molar-refractivity contribution < 1.29 is 14.1 Å². The van der Waals surface area contributed by atoms with Crippen LogP contribution in [0.4, 0.5) is 0 Å². The minimum absolute atomic E-state index is 0.0835. The molecule has 1 saturated heterocycles. The third-order valence-corrected chi connectivity index (χ3v) is 5.14. The molecule has 0 saturated carbocycles. The summed E-state index contributed by atoms with van der Waals surface area (Å²) < 4.78 is 11.7. The number of rotatable bonds is 5. The fourth-order valence-electron chi connectivity index (χ4n) is 3.20. The van der Waals surface area contributed by atoms with E-state index < -0.39 is 0 Å². The summed E-state index contributed by atoms with van der Waals surface area (Å²) in [6, 6.07) is 15.5. The second kappa shape index (κ2) is 7.52. The van der Waals surface area contributed by atoms with Crippen LogP contribution < -0.4 is 4.74 Å². The fraction of sp³-hybridized carbons (Fsp3) is 0.250. The lowest BCUT2D eigenvalue weighted by molar-refractivity contribution is -0.128. The van der Waals surface area contributed by atoms with Crippen LogP contribution in [-0.2, 0) is 11.3 Å². The van der Waals surface area contributed by atoms with Gasteiger partial charge in [0.2, 0.25) is 17.6 Å². The molecule has 0 N–H and O–H groups in total. The van der Waals surface area contributed by atoms with E-state index in [1.165, 1.54) is 0 Å². The van der Waals surface area contributed by atoms with Gasteiger partial charge in [0.25, 0.3) is 0 Å². The summed E-state index contributed by atoms with van der Waals surface area (Å²) in [5.41, 5.74) is 1.91. The minimum Gasteiger partial charge on any atom is -0.497 e. The van der Waals surface area contributed by atoms with Gasteiger partial charge in [-0.25, -0.2) is 0 Å². The van der Waals surface area contributed by atoms with Crippen molar-refractivity contribution in [3.05, 3.63) is 64.5 Å². The third kappa shape index (κ3) is 3.88. The van der Waals surface area contributed by atoms with E-state index in [2.05, 4.69) is 26.1 Å². The second-order valence-corrected chi connectivity index (χ2v) is 7.41. The maximum absolute atomic E-state index is 12.4. The molecule has 1 aliphatic heterocycles. The molecule has 6 nitrogen and oxygen atoms in total.